The van der Waals surface area contributed by atoms with Gasteiger partial charge in [-0.2, -0.15) is 0 Å². The van der Waals surface area contributed by atoms with E-state index in [-0.39, 0.29) is 25.6 Å². The fraction of sp³-hybridized carbons (Fsp3) is 0.167. The van der Waals surface area contributed by atoms with Gasteiger partial charge in [-0.25, -0.2) is 9.97 Å². The van der Waals surface area contributed by atoms with Gasteiger partial charge in [0.05, 0.1) is 13.7 Å². The van der Waals surface area contributed by atoms with E-state index < -0.39 is 11.5 Å². The van der Waals surface area contributed by atoms with Crippen molar-refractivity contribution in [3.05, 3.63) is 88.0 Å². The van der Waals surface area contributed by atoms with Gasteiger partial charge in [-0.3, -0.25) is 14.2 Å². The van der Waals surface area contributed by atoms with Gasteiger partial charge >= 0.3 is 0 Å². The molecule has 0 bridgehead atoms. The lowest BCUT2D eigenvalue weighted by atomic mass is 10.2. The van der Waals surface area contributed by atoms with E-state index in [1.165, 1.54) is 4.57 Å². The molecule has 0 radical (unpaired) electrons. The molecule has 1 N–H and O–H groups in total. The van der Waals surface area contributed by atoms with Crippen LogP contribution in [0.5, 0.6) is 17.2 Å². The average Bonchev–Trinajstić information content (AvgIpc) is 3.32. The zero-order valence-electron chi connectivity index (χ0n) is 17.8. The van der Waals surface area contributed by atoms with Gasteiger partial charge in [0.15, 0.2) is 22.8 Å². The molecule has 3 heterocycles. The highest BCUT2D eigenvalue weighted by Crippen LogP contribution is 2.32. The molecule has 1 aliphatic heterocycles. The Labute approximate surface area is 188 Å². The Kier molecular flexibility index (Phi) is 5.35. The van der Waals surface area contributed by atoms with Crippen LogP contribution in [0.3, 0.4) is 0 Å². The maximum absolute atomic E-state index is 13.3. The van der Waals surface area contributed by atoms with Crippen LogP contribution in [0, 0.1) is 0 Å². The number of nitrogens with one attached hydrogen (secondary N) is 1. The van der Waals surface area contributed by atoms with Gasteiger partial charge in [0.25, 0.3) is 11.5 Å². The largest absolute Gasteiger partial charge is 0.496 e. The number of pyridine rings is 1. The van der Waals surface area contributed by atoms with Gasteiger partial charge in [0, 0.05) is 18.3 Å². The van der Waals surface area contributed by atoms with E-state index in [1.54, 1.807) is 37.6 Å². The van der Waals surface area contributed by atoms with Crippen LogP contribution in [0.2, 0.25) is 0 Å². The molecule has 9 nitrogen and oxygen atoms in total. The molecule has 33 heavy (non-hydrogen) atoms. The Bertz CT molecular complexity index is 1420. The summed E-state index contributed by atoms with van der Waals surface area (Å²) in [6.45, 7) is 0.557. The van der Waals surface area contributed by atoms with Crippen LogP contribution in [-0.4, -0.2) is 34.3 Å². The van der Waals surface area contributed by atoms with Gasteiger partial charge in [-0.1, -0.05) is 24.3 Å². The van der Waals surface area contributed by atoms with Crippen molar-refractivity contribution in [2.24, 2.45) is 0 Å². The third-order valence-corrected chi connectivity index (χ3v) is 5.33. The minimum Gasteiger partial charge on any atom is -0.496 e. The second-order valence-corrected chi connectivity index (χ2v) is 7.38. The number of amides is 1. The number of hydrogen-bond acceptors (Lipinski definition) is 7. The summed E-state index contributed by atoms with van der Waals surface area (Å²) in [5, 5.41) is 2.77. The number of hydrogen-bond donors (Lipinski definition) is 1. The Morgan fingerprint density at radius 1 is 1.12 bits per heavy atom. The zero-order chi connectivity index (χ0) is 22.8. The summed E-state index contributed by atoms with van der Waals surface area (Å²) in [6, 6.07) is 16.2. The highest BCUT2D eigenvalue weighted by molar-refractivity contribution is 5.93. The lowest BCUT2D eigenvalue weighted by Crippen LogP contribution is -2.35. The van der Waals surface area contributed by atoms with Crippen LogP contribution >= 0.6 is 0 Å². The van der Waals surface area contributed by atoms with Gasteiger partial charge in [0.1, 0.15) is 11.3 Å². The van der Waals surface area contributed by atoms with Crippen molar-refractivity contribution >= 4 is 17.1 Å². The summed E-state index contributed by atoms with van der Waals surface area (Å²) < 4.78 is 17.5. The lowest BCUT2D eigenvalue weighted by molar-refractivity contribution is 0.0944. The molecule has 0 unspecified atom stereocenters. The van der Waals surface area contributed by atoms with Crippen molar-refractivity contribution in [3.63, 3.8) is 0 Å². The van der Waals surface area contributed by atoms with Crippen molar-refractivity contribution in [2.75, 3.05) is 13.9 Å². The molecule has 2 aromatic carbocycles. The molecule has 0 aliphatic carbocycles. The highest BCUT2D eigenvalue weighted by Gasteiger charge is 2.20. The minimum atomic E-state index is -0.572. The minimum absolute atomic E-state index is 0.173. The molecule has 1 amide bonds. The third kappa shape index (κ3) is 3.96. The number of carbonyl (C=O) groups is 1. The number of methoxy groups -OCH3 is 1. The van der Waals surface area contributed by atoms with Crippen LogP contribution in [0.15, 0.2) is 65.6 Å². The molecule has 0 spiro atoms. The van der Waals surface area contributed by atoms with Gasteiger partial charge in [-0.15, -0.1) is 0 Å². The van der Waals surface area contributed by atoms with Crippen molar-refractivity contribution < 1.29 is 19.0 Å². The molecular weight excluding hydrogens is 424 g/mol. The van der Waals surface area contributed by atoms with Crippen LogP contribution in [-0.2, 0) is 13.1 Å². The standard InChI is InChI=1S/C24H20N4O5/c1-31-18-7-3-2-5-16(18)13-28-22-17(6-4-10-25-22)27-21(24(28)30)23(29)26-12-15-8-9-19-20(11-15)33-14-32-19/h2-11H,12-14H2,1H3,(H,26,29). The molecule has 0 saturated carbocycles. The highest BCUT2D eigenvalue weighted by atomic mass is 16.7. The summed E-state index contributed by atoms with van der Waals surface area (Å²) in [5.74, 6) is 1.35. The first kappa shape index (κ1) is 20.5. The zero-order valence-corrected chi connectivity index (χ0v) is 17.8. The summed E-state index contributed by atoms with van der Waals surface area (Å²) in [6.07, 6.45) is 1.58. The quantitative estimate of drug-likeness (QED) is 0.487. The maximum Gasteiger partial charge on any atom is 0.284 e. The van der Waals surface area contributed by atoms with E-state index in [1.807, 2.05) is 30.3 Å². The number of nitrogens with zero attached hydrogens (tertiary/aromatic N) is 3. The van der Waals surface area contributed by atoms with E-state index in [2.05, 4.69) is 15.3 Å². The number of fused-ring (bicyclic) bond motifs is 2. The summed E-state index contributed by atoms with van der Waals surface area (Å²) in [5.41, 5.74) is 1.69. The number of aromatic nitrogens is 3. The van der Waals surface area contributed by atoms with E-state index in [9.17, 15) is 9.59 Å². The predicted octanol–water partition coefficient (Wildman–Crippen LogP) is 2.51. The maximum atomic E-state index is 13.3. The first-order valence-electron chi connectivity index (χ1n) is 10.3. The molecule has 0 saturated heterocycles. The lowest BCUT2D eigenvalue weighted by Gasteiger charge is -2.13. The molecule has 0 fully saturated rings. The van der Waals surface area contributed by atoms with Crippen LogP contribution in [0.4, 0.5) is 0 Å². The first-order valence-corrected chi connectivity index (χ1v) is 10.3. The van der Waals surface area contributed by atoms with Crippen molar-refractivity contribution in [1.29, 1.82) is 0 Å². The summed E-state index contributed by atoms with van der Waals surface area (Å²) >= 11 is 0. The topological polar surface area (TPSA) is 105 Å². The summed E-state index contributed by atoms with van der Waals surface area (Å²) in [4.78, 5) is 34.9. The molecule has 9 heteroatoms. The van der Waals surface area contributed by atoms with E-state index in [0.29, 0.717) is 28.4 Å². The Morgan fingerprint density at radius 3 is 2.85 bits per heavy atom. The number of benzene rings is 2. The normalized spacial score (nSPS) is 12.0. The van der Waals surface area contributed by atoms with Crippen molar-refractivity contribution in [3.8, 4) is 17.2 Å². The fourth-order valence-electron chi connectivity index (χ4n) is 3.69. The molecule has 4 aromatic rings. The second-order valence-electron chi connectivity index (χ2n) is 7.38. The van der Waals surface area contributed by atoms with E-state index in [4.69, 9.17) is 14.2 Å². The predicted molar refractivity (Wildman–Crippen MR) is 120 cm³/mol. The smallest absolute Gasteiger partial charge is 0.284 e. The molecule has 166 valence electrons. The monoisotopic (exact) mass is 444 g/mol. The second kappa shape index (κ2) is 8.62. The van der Waals surface area contributed by atoms with E-state index >= 15 is 0 Å². The number of carbonyl (C=O) groups excluding carboxylic acids is 1. The van der Waals surface area contributed by atoms with Gasteiger partial charge in [0.2, 0.25) is 6.79 Å². The van der Waals surface area contributed by atoms with Gasteiger partial charge in [-0.05, 0) is 35.9 Å². The molecular formula is C24H20N4O5. The van der Waals surface area contributed by atoms with E-state index in [0.717, 1.165) is 11.1 Å². The Hall–Kier alpha value is -4.40. The number of ether oxygens (including phenoxy) is 3. The summed E-state index contributed by atoms with van der Waals surface area (Å²) in [7, 11) is 1.57. The first-order chi connectivity index (χ1) is 16.1. The molecule has 1 aliphatic rings. The average molecular weight is 444 g/mol. The van der Waals surface area contributed by atoms with Crippen molar-refractivity contribution in [1.82, 2.24) is 19.9 Å². The van der Waals surface area contributed by atoms with Crippen LogP contribution in [0.1, 0.15) is 21.6 Å². The Morgan fingerprint density at radius 2 is 1.97 bits per heavy atom. The molecule has 2 aromatic heterocycles. The molecule has 0 atom stereocenters. The Balaban J connectivity index is 1.47. The number of para-hydroxylation sites is 1. The van der Waals surface area contributed by atoms with Gasteiger partial charge < -0.3 is 19.5 Å². The molecule has 5 rings (SSSR count). The van der Waals surface area contributed by atoms with Crippen LogP contribution < -0.4 is 25.1 Å². The van der Waals surface area contributed by atoms with Crippen molar-refractivity contribution in [2.45, 2.75) is 13.1 Å². The SMILES string of the molecule is COc1ccccc1Cn1c(=O)c(C(=O)NCc2ccc3c(c2)OCO3)nc2cccnc21. The fourth-order valence-corrected chi connectivity index (χ4v) is 3.69. The number of rotatable bonds is 6. The third-order valence-electron chi connectivity index (χ3n) is 5.33. The van der Waals surface area contributed by atoms with Crippen LogP contribution in [0.25, 0.3) is 11.2 Å².